The summed E-state index contributed by atoms with van der Waals surface area (Å²) in [5, 5.41) is 3.16. The van der Waals surface area contributed by atoms with Gasteiger partial charge in [-0.15, -0.1) is 0 Å². The lowest BCUT2D eigenvalue weighted by Gasteiger charge is -2.26. The van der Waals surface area contributed by atoms with Crippen molar-refractivity contribution in [2.75, 3.05) is 6.79 Å². The van der Waals surface area contributed by atoms with Gasteiger partial charge in [0, 0.05) is 18.2 Å². The molecule has 1 unspecified atom stereocenters. The standard InChI is InChI=1S/C22H22N2O4/c25-21(23-15-5-1-2-6-15)20-16-7-3-4-8-17(16)22(26)24(20)12-14-9-10-18-19(11-14)28-13-27-18/h3-4,7-11,15,20H,1-2,5-6,12-13H2,(H,23,25). The molecule has 28 heavy (non-hydrogen) atoms. The molecule has 1 atom stereocenters. The molecule has 6 heteroatoms. The lowest BCUT2D eigenvalue weighted by molar-refractivity contribution is -0.126. The zero-order chi connectivity index (χ0) is 19.1. The van der Waals surface area contributed by atoms with Crippen molar-refractivity contribution < 1.29 is 19.1 Å². The number of rotatable bonds is 4. The molecule has 2 aromatic rings. The second kappa shape index (κ2) is 6.86. The molecule has 6 nitrogen and oxygen atoms in total. The fourth-order valence-corrected chi connectivity index (χ4v) is 4.40. The minimum atomic E-state index is -0.602. The molecular weight excluding hydrogens is 356 g/mol. The van der Waals surface area contributed by atoms with Gasteiger partial charge >= 0.3 is 0 Å². The van der Waals surface area contributed by atoms with E-state index in [9.17, 15) is 9.59 Å². The molecule has 0 radical (unpaired) electrons. The third-order valence-electron chi connectivity index (χ3n) is 5.80. The Morgan fingerprint density at radius 2 is 1.86 bits per heavy atom. The van der Waals surface area contributed by atoms with Gasteiger partial charge in [-0.25, -0.2) is 0 Å². The second-order valence-corrected chi connectivity index (χ2v) is 7.60. The van der Waals surface area contributed by atoms with Crippen LogP contribution in [0.1, 0.15) is 53.2 Å². The van der Waals surface area contributed by atoms with E-state index in [4.69, 9.17) is 9.47 Å². The van der Waals surface area contributed by atoms with Gasteiger partial charge < -0.3 is 19.7 Å². The molecule has 1 aliphatic carbocycles. The first-order chi connectivity index (χ1) is 13.7. The molecule has 2 aliphatic heterocycles. The van der Waals surface area contributed by atoms with E-state index in [1.165, 1.54) is 0 Å². The summed E-state index contributed by atoms with van der Waals surface area (Å²) in [6.45, 7) is 0.548. The minimum Gasteiger partial charge on any atom is -0.454 e. The normalized spacial score (nSPS) is 20.5. The average molecular weight is 378 g/mol. The molecule has 3 aliphatic rings. The summed E-state index contributed by atoms with van der Waals surface area (Å²) < 4.78 is 10.8. The predicted molar refractivity (Wildman–Crippen MR) is 102 cm³/mol. The third kappa shape index (κ3) is 2.89. The Morgan fingerprint density at radius 3 is 2.71 bits per heavy atom. The zero-order valence-electron chi connectivity index (χ0n) is 15.5. The lowest BCUT2D eigenvalue weighted by Crippen LogP contribution is -2.42. The van der Waals surface area contributed by atoms with Gasteiger partial charge in [0.2, 0.25) is 12.7 Å². The van der Waals surface area contributed by atoms with Crippen LogP contribution in [0.15, 0.2) is 42.5 Å². The fourth-order valence-electron chi connectivity index (χ4n) is 4.40. The van der Waals surface area contributed by atoms with Crippen LogP contribution < -0.4 is 14.8 Å². The second-order valence-electron chi connectivity index (χ2n) is 7.60. The quantitative estimate of drug-likeness (QED) is 0.887. The molecule has 0 spiro atoms. The van der Waals surface area contributed by atoms with E-state index in [1.807, 2.05) is 36.4 Å². The average Bonchev–Trinajstić information content (AvgIpc) is 3.43. The molecule has 1 saturated carbocycles. The van der Waals surface area contributed by atoms with Gasteiger partial charge in [0.05, 0.1) is 0 Å². The first-order valence-corrected chi connectivity index (χ1v) is 9.79. The van der Waals surface area contributed by atoms with E-state index in [-0.39, 0.29) is 24.6 Å². The Kier molecular flexibility index (Phi) is 4.19. The van der Waals surface area contributed by atoms with Gasteiger partial charge in [-0.2, -0.15) is 0 Å². The van der Waals surface area contributed by atoms with E-state index in [0.29, 0.717) is 23.6 Å². The van der Waals surface area contributed by atoms with Crippen molar-refractivity contribution in [2.24, 2.45) is 0 Å². The number of benzene rings is 2. The van der Waals surface area contributed by atoms with Gasteiger partial charge in [0.25, 0.3) is 5.91 Å². The molecule has 0 saturated heterocycles. The molecule has 2 heterocycles. The van der Waals surface area contributed by atoms with Crippen molar-refractivity contribution in [3.63, 3.8) is 0 Å². The largest absolute Gasteiger partial charge is 0.454 e. The number of ether oxygens (including phenoxy) is 2. The summed E-state index contributed by atoms with van der Waals surface area (Å²) in [6, 6.07) is 12.6. The Bertz CT molecular complexity index is 936. The summed E-state index contributed by atoms with van der Waals surface area (Å²) in [7, 11) is 0. The molecule has 5 rings (SSSR count). The Balaban J connectivity index is 1.44. The highest BCUT2D eigenvalue weighted by molar-refractivity contribution is 6.04. The summed E-state index contributed by atoms with van der Waals surface area (Å²) in [5.41, 5.74) is 2.29. The van der Waals surface area contributed by atoms with Gasteiger partial charge in [0.15, 0.2) is 11.5 Å². The number of hydrogen-bond acceptors (Lipinski definition) is 4. The first-order valence-electron chi connectivity index (χ1n) is 9.79. The maximum absolute atomic E-state index is 13.1. The molecule has 1 fully saturated rings. The SMILES string of the molecule is O=C(NC1CCCC1)C1c2ccccc2C(=O)N1Cc1ccc2c(c1)OCO2. The van der Waals surface area contributed by atoms with Crippen LogP contribution in [0.4, 0.5) is 0 Å². The summed E-state index contributed by atoms with van der Waals surface area (Å²) in [6.07, 6.45) is 4.31. The molecule has 1 N–H and O–H groups in total. The number of carbonyl (C=O) groups excluding carboxylic acids is 2. The predicted octanol–water partition coefficient (Wildman–Crippen LogP) is 3.17. The maximum atomic E-state index is 13.1. The van der Waals surface area contributed by atoms with Crippen LogP contribution in [-0.2, 0) is 11.3 Å². The molecule has 144 valence electrons. The number of hydrogen-bond donors (Lipinski definition) is 1. The highest BCUT2D eigenvalue weighted by Crippen LogP contribution is 2.37. The van der Waals surface area contributed by atoms with Crippen molar-refractivity contribution in [1.82, 2.24) is 10.2 Å². The van der Waals surface area contributed by atoms with Crippen LogP contribution in [0, 0.1) is 0 Å². The number of fused-ring (bicyclic) bond motifs is 2. The van der Waals surface area contributed by atoms with Crippen molar-refractivity contribution in [2.45, 2.75) is 44.3 Å². The third-order valence-corrected chi connectivity index (χ3v) is 5.80. The van der Waals surface area contributed by atoms with Crippen LogP contribution in [0.3, 0.4) is 0 Å². The lowest BCUT2D eigenvalue weighted by atomic mass is 10.0. The molecular formula is C22H22N2O4. The highest BCUT2D eigenvalue weighted by Gasteiger charge is 2.41. The van der Waals surface area contributed by atoms with E-state index in [0.717, 1.165) is 36.8 Å². The topological polar surface area (TPSA) is 67.9 Å². The van der Waals surface area contributed by atoms with Gasteiger partial charge in [0.1, 0.15) is 6.04 Å². The summed E-state index contributed by atoms with van der Waals surface area (Å²) >= 11 is 0. The minimum absolute atomic E-state index is 0.0917. The van der Waals surface area contributed by atoms with Gasteiger partial charge in [-0.3, -0.25) is 9.59 Å². The number of amides is 2. The van der Waals surface area contributed by atoms with Crippen molar-refractivity contribution in [1.29, 1.82) is 0 Å². The summed E-state index contributed by atoms with van der Waals surface area (Å²) in [5.74, 6) is 1.18. The van der Waals surface area contributed by atoms with Gasteiger partial charge in [-0.05, 0) is 42.2 Å². The van der Waals surface area contributed by atoms with Crippen LogP contribution in [-0.4, -0.2) is 29.5 Å². The van der Waals surface area contributed by atoms with Crippen LogP contribution in [0.2, 0.25) is 0 Å². The van der Waals surface area contributed by atoms with E-state index in [2.05, 4.69) is 5.32 Å². The van der Waals surface area contributed by atoms with Crippen LogP contribution in [0.25, 0.3) is 0 Å². The zero-order valence-corrected chi connectivity index (χ0v) is 15.5. The molecule has 2 aromatic carbocycles. The Hall–Kier alpha value is -3.02. The van der Waals surface area contributed by atoms with E-state index in [1.54, 1.807) is 11.0 Å². The number of carbonyl (C=O) groups is 2. The monoisotopic (exact) mass is 378 g/mol. The fraction of sp³-hybridized carbons (Fsp3) is 0.364. The summed E-state index contributed by atoms with van der Waals surface area (Å²) in [4.78, 5) is 27.9. The first kappa shape index (κ1) is 17.1. The van der Waals surface area contributed by atoms with Gasteiger partial charge in [-0.1, -0.05) is 37.1 Å². The van der Waals surface area contributed by atoms with Crippen LogP contribution >= 0.6 is 0 Å². The molecule has 0 bridgehead atoms. The van der Waals surface area contributed by atoms with Crippen LogP contribution in [0.5, 0.6) is 11.5 Å². The molecule has 0 aromatic heterocycles. The van der Waals surface area contributed by atoms with Crippen molar-refractivity contribution >= 4 is 11.8 Å². The van der Waals surface area contributed by atoms with E-state index >= 15 is 0 Å². The number of nitrogens with zero attached hydrogens (tertiary/aromatic N) is 1. The smallest absolute Gasteiger partial charge is 0.255 e. The van der Waals surface area contributed by atoms with Crippen molar-refractivity contribution in [3.8, 4) is 11.5 Å². The number of nitrogens with one attached hydrogen (secondary N) is 1. The maximum Gasteiger partial charge on any atom is 0.255 e. The van der Waals surface area contributed by atoms with Crippen molar-refractivity contribution in [3.05, 3.63) is 59.2 Å². The van der Waals surface area contributed by atoms with E-state index < -0.39 is 6.04 Å². The Labute approximate surface area is 163 Å². The highest BCUT2D eigenvalue weighted by atomic mass is 16.7. The Morgan fingerprint density at radius 1 is 1.07 bits per heavy atom. The molecule has 2 amide bonds.